The average Bonchev–Trinajstić information content (AvgIpc) is 2.87. The molecule has 3 heteroatoms. The Morgan fingerprint density at radius 2 is 2.00 bits per heavy atom. The zero-order chi connectivity index (χ0) is 9.42. The average molecular weight is 183 g/mol. The van der Waals surface area contributed by atoms with Crippen molar-refractivity contribution >= 4 is 5.97 Å². The number of carbonyl (C=O) groups is 1. The number of aliphatic carboxylic acids is 1. The van der Waals surface area contributed by atoms with Crippen molar-refractivity contribution in [3.63, 3.8) is 0 Å². The van der Waals surface area contributed by atoms with Crippen molar-refractivity contribution in [2.75, 3.05) is 13.6 Å². The molecular formula is C10H17NO2. The van der Waals surface area contributed by atoms with E-state index < -0.39 is 5.97 Å². The first-order valence-electron chi connectivity index (χ1n) is 5.11. The Kier molecular flexibility index (Phi) is 2.28. The molecule has 0 amide bonds. The molecule has 1 heterocycles. The molecule has 74 valence electrons. The van der Waals surface area contributed by atoms with Crippen LogP contribution in [0.2, 0.25) is 0 Å². The van der Waals surface area contributed by atoms with E-state index in [1.165, 1.54) is 19.3 Å². The van der Waals surface area contributed by atoms with E-state index in [9.17, 15) is 4.79 Å². The van der Waals surface area contributed by atoms with E-state index in [0.29, 0.717) is 5.92 Å². The first-order valence-corrected chi connectivity index (χ1v) is 5.11. The van der Waals surface area contributed by atoms with Gasteiger partial charge in [0.15, 0.2) is 0 Å². The van der Waals surface area contributed by atoms with Gasteiger partial charge in [-0.1, -0.05) is 0 Å². The van der Waals surface area contributed by atoms with Crippen LogP contribution in [0.25, 0.3) is 0 Å². The first kappa shape index (κ1) is 9.00. The van der Waals surface area contributed by atoms with E-state index in [-0.39, 0.29) is 6.04 Å². The van der Waals surface area contributed by atoms with Gasteiger partial charge >= 0.3 is 5.97 Å². The fourth-order valence-corrected chi connectivity index (χ4v) is 2.39. The van der Waals surface area contributed by atoms with Crippen molar-refractivity contribution in [1.29, 1.82) is 0 Å². The van der Waals surface area contributed by atoms with Crippen LogP contribution in [0.3, 0.4) is 0 Å². The molecule has 0 aromatic heterocycles. The van der Waals surface area contributed by atoms with Gasteiger partial charge in [-0.05, 0) is 51.1 Å². The summed E-state index contributed by atoms with van der Waals surface area (Å²) in [5, 5.41) is 8.99. The number of carboxylic acid groups (broad SMARTS) is 1. The maximum Gasteiger partial charge on any atom is 0.320 e. The lowest BCUT2D eigenvalue weighted by Crippen LogP contribution is -2.45. The third-order valence-corrected chi connectivity index (χ3v) is 3.48. The molecule has 0 bridgehead atoms. The highest BCUT2D eigenvalue weighted by Crippen LogP contribution is 2.42. The van der Waals surface area contributed by atoms with Gasteiger partial charge in [0.2, 0.25) is 0 Å². The SMILES string of the molecule is CN1CCC(C2CC2)CC1C(=O)O. The van der Waals surface area contributed by atoms with Crippen LogP contribution in [0, 0.1) is 11.8 Å². The summed E-state index contributed by atoms with van der Waals surface area (Å²) >= 11 is 0. The summed E-state index contributed by atoms with van der Waals surface area (Å²) in [6.07, 6.45) is 4.74. The number of likely N-dealkylation sites (N-methyl/N-ethyl adjacent to an activating group) is 1. The van der Waals surface area contributed by atoms with E-state index in [2.05, 4.69) is 0 Å². The Morgan fingerprint density at radius 1 is 1.31 bits per heavy atom. The Labute approximate surface area is 78.7 Å². The molecule has 0 aromatic carbocycles. The van der Waals surface area contributed by atoms with Crippen LogP contribution in [-0.4, -0.2) is 35.6 Å². The van der Waals surface area contributed by atoms with E-state index >= 15 is 0 Å². The van der Waals surface area contributed by atoms with Crippen molar-refractivity contribution in [3.8, 4) is 0 Å². The predicted molar refractivity (Wildman–Crippen MR) is 49.5 cm³/mol. The molecular weight excluding hydrogens is 166 g/mol. The van der Waals surface area contributed by atoms with E-state index in [1.807, 2.05) is 11.9 Å². The Morgan fingerprint density at radius 3 is 2.54 bits per heavy atom. The monoisotopic (exact) mass is 183 g/mol. The van der Waals surface area contributed by atoms with Crippen molar-refractivity contribution < 1.29 is 9.90 Å². The number of hydrogen-bond acceptors (Lipinski definition) is 2. The van der Waals surface area contributed by atoms with E-state index in [4.69, 9.17) is 5.11 Å². The standard InChI is InChI=1S/C10H17NO2/c1-11-5-4-8(7-2-3-7)6-9(11)10(12)13/h7-9H,2-6H2,1H3,(H,12,13). The number of nitrogens with zero attached hydrogens (tertiary/aromatic N) is 1. The van der Waals surface area contributed by atoms with Crippen molar-refractivity contribution in [2.24, 2.45) is 11.8 Å². The molecule has 1 aliphatic heterocycles. The maximum absolute atomic E-state index is 10.9. The molecule has 1 saturated heterocycles. The highest BCUT2D eigenvalue weighted by Gasteiger charge is 2.38. The van der Waals surface area contributed by atoms with Gasteiger partial charge in [0.25, 0.3) is 0 Å². The molecule has 0 spiro atoms. The zero-order valence-corrected chi connectivity index (χ0v) is 8.07. The van der Waals surface area contributed by atoms with Gasteiger partial charge in [0.05, 0.1) is 0 Å². The van der Waals surface area contributed by atoms with Gasteiger partial charge in [-0.15, -0.1) is 0 Å². The van der Waals surface area contributed by atoms with Gasteiger partial charge in [0, 0.05) is 0 Å². The Hall–Kier alpha value is -0.570. The number of hydrogen-bond donors (Lipinski definition) is 1. The minimum atomic E-state index is -0.646. The van der Waals surface area contributed by atoms with Crippen LogP contribution in [-0.2, 0) is 4.79 Å². The molecule has 0 aromatic rings. The largest absolute Gasteiger partial charge is 0.480 e. The highest BCUT2D eigenvalue weighted by molar-refractivity contribution is 5.73. The van der Waals surface area contributed by atoms with Crippen LogP contribution in [0.15, 0.2) is 0 Å². The smallest absolute Gasteiger partial charge is 0.320 e. The quantitative estimate of drug-likeness (QED) is 0.699. The van der Waals surface area contributed by atoms with Crippen molar-refractivity contribution in [3.05, 3.63) is 0 Å². The minimum absolute atomic E-state index is 0.223. The second-order valence-electron chi connectivity index (χ2n) is 4.46. The summed E-state index contributed by atoms with van der Waals surface area (Å²) in [7, 11) is 1.92. The third-order valence-electron chi connectivity index (χ3n) is 3.48. The molecule has 2 atom stereocenters. The van der Waals surface area contributed by atoms with E-state index in [0.717, 1.165) is 18.9 Å². The van der Waals surface area contributed by atoms with Crippen molar-refractivity contribution in [1.82, 2.24) is 4.90 Å². The van der Waals surface area contributed by atoms with E-state index in [1.54, 1.807) is 0 Å². The Balaban J connectivity index is 1.96. The van der Waals surface area contributed by atoms with Gasteiger partial charge in [-0.3, -0.25) is 9.69 Å². The maximum atomic E-state index is 10.9. The topological polar surface area (TPSA) is 40.5 Å². The van der Waals surface area contributed by atoms with Gasteiger partial charge in [0.1, 0.15) is 6.04 Å². The van der Waals surface area contributed by atoms with Gasteiger partial charge in [-0.25, -0.2) is 0 Å². The number of likely N-dealkylation sites (tertiary alicyclic amines) is 1. The third kappa shape index (κ3) is 1.85. The summed E-state index contributed by atoms with van der Waals surface area (Å²) in [6.45, 7) is 0.956. The highest BCUT2D eigenvalue weighted by atomic mass is 16.4. The van der Waals surface area contributed by atoms with Crippen LogP contribution < -0.4 is 0 Å². The lowest BCUT2D eigenvalue weighted by atomic mass is 9.87. The summed E-state index contributed by atoms with van der Waals surface area (Å²) in [5.41, 5.74) is 0. The van der Waals surface area contributed by atoms with Gasteiger partial charge in [-0.2, -0.15) is 0 Å². The van der Waals surface area contributed by atoms with Crippen molar-refractivity contribution in [2.45, 2.75) is 31.7 Å². The van der Waals surface area contributed by atoms with Gasteiger partial charge < -0.3 is 5.11 Å². The lowest BCUT2D eigenvalue weighted by Gasteiger charge is -2.34. The summed E-state index contributed by atoms with van der Waals surface area (Å²) in [5.74, 6) is 0.903. The number of carboxylic acids is 1. The minimum Gasteiger partial charge on any atom is -0.480 e. The fourth-order valence-electron chi connectivity index (χ4n) is 2.39. The number of piperidine rings is 1. The van der Waals surface area contributed by atoms with Crippen LogP contribution in [0.5, 0.6) is 0 Å². The Bertz CT molecular complexity index is 213. The molecule has 2 aliphatic rings. The van der Waals surface area contributed by atoms with Crippen LogP contribution >= 0.6 is 0 Å². The zero-order valence-electron chi connectivity index (χ0n) is 8.07. The normalized spacial score (nSPS) is 36.1. The molecule has 0 radical (unpaired) electrons. The van der Waals surface area contributed by atoms with Crippen LogP contribution in [0.1, 0.15) is 25.7 Å². The summed E-state index contributed by atoms with van der Waals surface area (Å²) < 4.78 is 0. The molecule has 1 aliphatic carbocycles. The lowest BCUT2D eigenvalue weighted by molar-refractivity contribution is -0.144. The molecule has 1 N–H and O–H groups in total. The summed E-state index contributed by atoms with van der Waals surface area (Å²) in [6, 6.07) is -0.223. The molecule has 2 fully saturated rings. The summed E-state index contributed by atoms with van der Waals surface area (Å²) in [4.78, 5) is 12.9. The number of rotatable bonds is 2. The molecule has 1 saturated carbocycles. The second kappa shape index (κ2) is 3.29. The second-order valence-corrected chi connectivity index (χ2v) is 4.46. The molecule has 3 nitrogen and oxygen atoms in total. The molecule has 13 heavy (non-hydrogen) atoms. The predicted octanol–water partition coefficient (Wildman–Crippen LogP) is 1.19. The molecule has 2 rings (SSSR count). The first-order chi connectivity index (χ1) is 6.18. The van der Waals surface area contributed by atoms with Crippen LogP contribution in [0.4, 0.5) is 0 Å². The molecule has 2 unspecified atom stereocenters. The fraction of sp³-hybridized carbons (Fsp3) is 0.900.